The van der Waals surface area contributed by atoms with Crippen LogP contribution in [0, 0.1) is 26.6 Å². The van der Waals surface area contributed by atoms with Crippen molar-refractivity contribution in [3.63, 3.8) is 0 Å². The monoisotopic (exact) mass is 479 g/mol. The Labute approximate surface area is 209 Å². The van der Waals surface area contributed by atoms with Gasteiger partial charge in [-0.05, 0) is 96.1 Å². The van der Waals surface area contributed by atoms with Crippen molar-refractivity contribution in [2.75, 3.05) is 5.73 Å². The van der Waals surface area contributed by atoms with Crippen molar-refractivity contribution in [3.8, 4) is 11.1 Å². The SMILES string of the molecule is Cc1ccc(F)c(-c2ccc3c(c2)C2OC3c3ccc(C(=O)NCc4c(C)cc(N)nc4C)cc32)c1. The number of hydrogen-bond acceptors (Lipinski definition) is 4. The highest BCUT2D eigenvalue weighted by Crippen LogP contribution is 2.54. The van der Waals surface area contributed by atoms with Crippen LogP contribution >= 0.6 is 0 Å². The Morgan fingerprint density at radius 3 is 2.44 bits per heavy atom. The van der Waals surface area contributed by atoms with Gasteiger partial charge in [0.15, 0.2) is 0 Å². The summed E-state index contributed by atoms with van der Waals surface area (Å²) < 4.78 is 20.9. The number of nitrogen functional groups attached to an aromatic ring is 1. The molecular formula is C30H26FN3O2. The molecule has 2 unspecified atom stereocenters. The Morgan fingerprint density at radius 2 is 1.67 bits per heavy atom. The van der Waals surface area contributed by atoms with E-state index in [1.54, 1.807) is 6.07 Å². The van der Waals surface area contributed by atoms with Gasteiger partial charge in [0.2, 0.25) is 0 Å². The van der Waals surface area contributed by atoms with Crippen LogP contribution in [-0.2, 0) is 11.3 Å². The number of anilines is 1. The fourth-order valence-electron chi connectivity index (χ4n) is 5.44. The largest absolute Gasteiger partial charge is 0.384 e. The van der Waals surface area contributed by atoms with E-state index in [1.807, 2.05) is 69.3 Å². The highest BCUT2D eigenvalue weighted by Gasteiger charge is 2.43. The topological polar surface area (TPSA) is 77.2 Å². The van der Waals surface area contributed by atoms with Gasteiger partial charge in [-0.2, -0.15) is 0 Å². The smallest absolute Gasteiger partial charge is 0.251 e. The van der Waals surface area contributed by atoms with E-state index in [0.717, 1.165) is 50.2 Å². The van der Waals surface area contributed by atoms with E-state index >= 15 is 0 Å². The zero-order valence-corrected chi connectivity index (χ0v) is 20.4. The zero-order chi connectivity index (χ0) is 25.1. The normalized spacial score (nSPS) is 17.1. The number of pyridine rings is 1. The number of nitrogens with zero attached hydrogens (tertiary/aromatic N) is 1. The minimum Gasteiger partial charge on any atom is -0.384 e. The predicted molar refractivity (Wildman–Crippen MR) is 137 cm³/mol. The first kappa shape index (κ1) is 22.4. The molecule has 1 amide bonds. The lowest BCUT2D eigenvalue weighted by Gasteiger charge is -2.18. The van der Waals surface area contributed by atoms with Gasteiger partial charge in [-0.25, -0.2) is 9.37 Å². The summed E-state index contributed by atoms with van der Waals surface area (Å²) in [5.41, 5.74) is 15.8. The second-order valence-electron chi connectivity index (χ2n) is 9.68. The maximum atomic E-state index is 14.6. The molecule has 180 valence electrons. The van der Waals surface area contributed by atoms with Gasteiger partial charge in [-0.1, -0.05) is 29.8 Å². The molecule has 2 bridgehead atoms. The van der Waals surface area contributed by atoms with Crippen LogP contribution < -0.4 is 11.1 Å². The van der Waals surface area contributed by atoms with E-state index in [0.29, 0.717) is 23.5 Å². The molecule has 4 aromatic rings. The number of halogens is 1. The molecule has 2 aliphatic heterocycles. The van der Waals surface area contributed by atoms with Gasteiger partial charge < -0.3 is 15.8 Å². The van der Waals surface area contributed by atoms with E-state index in [2.05, 4.69) is 10.3 Å². The number of aryl methyl sites for hydroxylation is 3. The lowest BCUT2D eigenvalue weighted by Crippen LogP contribution is -2.24. The number of aromatic nitrogens is 1. The molecule has 0 saturated carbocycles. The van der Waals surface area contributed by atoms with Crippen LogP contribution in [0.4, 0.5) is 10.2 Å². The minimum absolute atomic E-state index is 0.160. The Kier molecular flexibility index (Phi) is 5.16. The Morgan fingerprint density at radius 1 is 0.944 bits per heavy atom. The molecule has 0 fully saturated rings. The van der Waals surface area contributed by atoms with Crippen molar-refractivity contribution in [2.45, 2.75) is 39.5 Å². The number of fused-ring (bicyclic) bond motifs is 8. The first-order chi connectivity index (χ1) is 17.3. The second-order valence-corrected chi connectivity index (χ2v) is 9.68. The second kappa shape index (κ2) is 8.28. The van der Waals surface area contributed by atoms with E-state index in [9.17, 15) is 9.18 Å². The molecule has 2 aliphatic rings. The minimum atomic E-state index is -0.272. The molecule has 0 aliphatic carbocycles. The molecule has 0 radical (unpaired) electrons. The Balaban J connectivity index is 1.27. The summed E-state index contributed by atoms with van der Waals surface area (Å²) in [5.74, 6) is 0.0695. The van der Waals surface area contributed by atoms with Gasteiger partial charge in [0, 0.05) is 23.4 Å². The van der Waals surface area contributed by atoms with Crippen molar-refractivity contribution < 1.29 is 13.9 Å². The van der Waals surface area contributed by atoms with E-state index in [1.165, 1.54) is 6.07 Å². The molecule has 3 aromatic carbocycles. The number of nitrogens with one attached hydrogen (secondary N) is 1. The fraction of sp³-hybridized carbons (Fsp3) is 0.200. The number of hydrogen-bond donors (Lipinski definition) is 2. The zero-order valence-electron chi connectivity index (χ0n) is 20.4. The molecule has 2 atom stereocenters. The van der Waals surface area contributed by atoms with Crippen LogP contribution in [0.3, 0.4) is 0 Å². The number of ether oxygens (including phenoxy) is 1. The summed E-state index contributed by atoms with van der Waals surface area (Å²) in [6.45, 7) is 6.18. The Bertz CT molecular complexity index is 1540. The third kappa shape index (κ3) is 3.57. The third-order valence-corrected chi connectivity index (χ3v) is 7.27. The standard InChI is InChI=1S/C30H26FN3O2/c1-15-4-9-26(31)22(10-15)18-5-7-20-23(12-18)29-24-13-19(6-8-21(24)28(20)36-29)30(35)33-14-25-16(2)11-27(32)34-17(25)3/h4-13,28-29H,14H2,1-3H3,(H2,32,34)(H,33,35). The number of rotatable bonds is 4. The van der Waals surface area contributed by atoms with E-state index in [4.69, 9.17) is 10.5 Å². The van der Waals surface area contributed by atoms with Crippen molar-refractivity contribution in [3.05, 3.63) is 117 Å². The average molecular weight is 480 g/mol. The van der Waals surface area contributed by atoms with Gasteiger partial charge in [0.25, 0.3) is 5.91 Å². The Hall–Kier alpha value is -4.03. The molecule has 0 spiro atoms. The maximum absolute atomic E-state index is 14.6. The van der Waals surface area contributed by atoms with E-state index < -0.39 is 0 Å². The van der Waals surface area contributed by atoms with Gasteiger partial charge in [-0.3, -0.25) is 4.79 Å². The molecule has 6 rings (SSSR count). The molecule has 6 heteroatoms. The molecule has 3 N–H and O–H groups in total. The maximum Gasteiger partial charge on any atom is 0.251 e. The van der Waals surface area contributed by atoms with Crippen molar-refractivity contribution in [1.29, 1.82) is 0 Å². The summed E-state index contributed by atoms with van der Waals surface area (Å²) in [7, 11) is 0. The van der Waals surface area contributed by atoms with Gasteiger partial charge in [-0.15, -0.1) is 0 Å². The summed E-state index contributed by atoms with van der Waals surface area (Å²) in [6.07, 6.45) is -0.439. The highest BCUT2D eigenvalue weighted by molar-refractivity contribution is 5.94. The third-order valence-electron chi connectivity index (χ3n) is 7.27. The summed E-state index contributed by atoms with van der Waals surface area (Å²) in [6, 6.07) is 18.7. The summed E-state index contributed by atoms with van der Waals surface area (Å²) >= 11 is 0. The van der Waals surface area contributed by atoms with Crippen LogP contribution in [-0.4, -0.2) is 10.9 Å². The fourth-order valence-corrected chi connectivity index (χ4v) is 5.44. The van der Waals surface area contributed by atoms with Crippen molar-refractivity contribution in [1.82, 2.24) is 10.3 Å². The van der Waals surface area contributed by atoms with Gasteiger partial charge in [0.1, 0.15) is 23.8 Å². The molecule has 3 heterocycles. The van der Waals surface area contributed by atoms with Crippen molar-refractivity contribution >= 4 is 11.7 Å². The van der Waals surface area contributed by atoms with Crippen LogP contribution in [0.5, 0.6) is 0 Å². The number of nitrogens with two attached hydrogens (primary N) is 1. The number of amides is 1. The van der Waals surface area contributed by atoms with Crippen LogP contribution in [0.15, 0.2) is 60.7 Å². The number of benzene rings is 3. The quantitative estimate of drug-likeness (QED) is 0.385. The highest BCUT2D eigenvalue weighted by atomic mass is 19.1. The van der Waals surface area contributed by atoms with Crippen LogP contribution in [0.1, 0.15) is 67.2 Å². The molecule has 0 saturated heterocycles. The summed E-state index contributed by atoms with van der Waals surface area (Å²) in [4.78, 5) is 17.3. The van der Waals surface area contributed by atoms with E-state index in [-0.39, 0.29) is 23.9 Å². The molecule has 1 aromatic heterocycles. The first-order valence-electron chi connectivity index (χ1n) is 12.0. The number of carbonyl (C=O) groups is 1. The van der Waals surface area contributed by atoms with Crippen LogP contribution in [0.25, 0.3) is 11.1 Å². The lowest BCUT2D eigenvalue weighted by atomic mass is 9.83. The van der Waals surface area contributed by atoms with Crippen LogP contribution in [0.2, 0.25) is 0 Å². The van der Waals surface area contributed by atoms with Gasteiger partial charge >= 0.3 is 0 Å². The first-order valence-corrected chi connectivity index (χ1v) is 12.0. The average Bonchev–Trinajstić information content (AvgIpc) is 3.41. The molecular weight excluding hydrogens is 453 g/mol. The molecule has 36 heavy (non-hydrogen) atoms. The van der Waals surface area contributed by atoms with Gasteiger partial charge in [0.05, 0.1) is 0 Å². The predicted octanol–water partition coefficient (Wildman–Crippen LogP) is 5.85. The summed E-state index contributed by atoms with van der Waals surface area (Å²) in [5, 5.41) is 3.01. The lowest BCUT2D eigenvalue weighted by molar-refractivity contribution is 0.0857. The van der Waals surface area contributed by atoms with Crippen molar-refractivity contribution in [2.24, 2.45) is 0 Å². The molecule has 5 nitrogen and oxygen atoms in total. The number of carbonyl (C=O) groups excluding carboxylic acids is 1.